The largest absolute Gasteiger partial charge is 0.478 e. The number of nitrogen functional groups attached to an aromatic ring is 1. The second-order valence-electron chi connectivity index (χ2n) is 4.45. The first-order valence-corrected chi connectivity index (χ1v) is 5.86. The maximum Gasteiger partial charge on any atom is 0.337 e. The average Bonchev–Trinajstić information content (AvgIpc) is 2.74. The molecule has 0 bridgehead atoms. The zero-order valence-corrected chi connectivity index (χ0v) is 10.9. The van der Waals surface area contributed by atoms with Gasteiger partial charge < -0.3 is 20.2 Å². The van der Waals surface area contributed by atoms with Gasteiger partial charge in [0.05, 0.1) is 17.8 Å². The van der Waals surface area contributed by atoms with E-state index in [0.29, 0.717) is 17.9 Å². The number of nitrogens with two attached hydrogens (primary N) is 1. The van der Waals surface area contributed by atoms with E-state index in [1.165, 1.54) is 6.07 Å². The van der Waals surface area contributed by atoms with Gasteiger partial charge in [-0.2, -0.15) is 0 Å². The van der Waals surface area contributed by atoms with Crippen LogP contribution in [0.3, 0.4) is 0 Å². The Kier molecular flexibility index (Phi) is 3.46. The van der Waals surface area contributed by atoms with Crippen LogP contribution in [0.15, 0.2) is 34.7 Å². The summed E-state index contributed by atoms with van der Waals surface area (Å²) in [4.78, 5) is 13.0. The number of hydrogen-bond donors (Lipinski definition) is 2. The van der Waals surface area contributed by atoms with Crippen LogP contribution in [0.5, 0.6) is 0 Å². The molecule has 0 atom stereocenters. The minimum Gasteiger partial charge on any atom is -0.478 e. The molecular formula is C14H16N2O3. The highest BCUT2D eigenvalue weighted by Crippen LogP contribution is 2.24. The minimum atomic E-state index is -0.996. The standard InChI is InChI=1S/C14H16N2O3/c1-9-3-5-11(19-9)8-16(2)13-6-4-10(15)7-12(13)14(17)18/h3-7H,8,15H2,1-2H3,(H,17,18). The van der Waals surface area contributed by atoms with Crippen LogP contribution in [0.25, 0.3) is 0 Å². The number of aromatic carboxylic acids is 1. The van der Waals surface area contributed by atoms with Gasteiger partial charge in [-0.1, -0.05) is 0 Å². The summed E-state index contributed by atoms with van der Waals surface area (Å²) in [7, 11) is 1.82. The highest BCUT2D eigenvalue weighted by atomic mass is 16.4. The van der Waals surface area contributed by atoms with Gasteiger partial charge in [-0.05, 0) is 37.3 Å². The van der Waals surface area contributed by atoms with Crippen molar-refractivity contribution in [3.63, 3.8) is 0 Å². The summed E-state index contributed by atoms with van der Waals surface area (Å²) in [5.74, 6) is 0.622. The minimum absolute atomic E-state index is 0.186. The summed E-state index contributed by atoms with van der Waals surface area (Å²) in [5, 5.41) is 9.20. The highest BCUT2D eigenvalue weighted by molar-refractivity contribution is 5.95. The van der Waals surface area contributed by atoms with E-state index in [0.717, 1.165) is 11.5 Å². The van der Waals surface area contributed by atoms with Gasteiger partial charge in [0.25, 0.3) is 0 Å². The maximum absolute atomic E-state index is 11.2. The molecule has 0 saturated carbocycles. The fourth-order valence-corrected chi connectivity index (χ4v) is 1.95. The maximum atomic E-state index is 11.2. The number of benzene rings is 1. The number of anilines is 2. The van der Waals surface area contributed by atoms with Crippen LogP contribution < -0.4 is 10.6 Å². The molecule has 0 aliphatic rings. The number of carboxylic acid groups (broad SMARTS) is 1. The van der Waals surface area contributed by atoms with Crippen molar-refractivity contribution in [3.05, 3.63) is 47.4 Å². The molecular weight excluding hydrogens is 244 g/mol. The van der Waals surface area contributed by atoms with E-state index in [-0.39, 0.29) is 5.56 Å². The number of hydrogen-bond acceptors (Lipinski definition) is 4. The van der Waals surface area contributed by atoms with Gasteiger partial charge in [-0.3, -0.25) is 0 Å². The van der Waals surface area contributed by atoms with Gasteiger partial charge >= 0.3 is 5.97 Å². The first-order valence-electron chi connectivity index (χ1n) is 5.86. The van der Waals surface area contributed by atoms with Gasteiger partial charge in [0.2, 0.25) is 0 Å². The monoisotopic (exact) mass is 260 g/mol. The Labute approximate surface area is 111 Å². The lowest BCUT2D eigenvalue weighted by Crippen LogP contribution is -2.19. The molecule has 0 unspecified atom stereocenters. The van der Waals surface area contributed by atoms with Crippen molar-refractivity contribution in [2.24, 2.45) is 0 Å². The highest BCUT2D eigenvalue weighted by Gasteiger charge is 2.15. The molecule has 1 aromatic heterocycles. The lowest BCUT2D eigenvalue weighted by atomic mass is 10.1. The number of nitrogens with zero attached hydrogens (tertiary/aromatic N) is 1. The zero-order chi connectivity index (χ0) is 14.0. The van der Waals surface area contributed by atoms with Crippen molar-refractivity contribution < 1.29 is 14.3 Å². The molecule has 0 amide bonds. The first-order chi connectivity index (χ1) is 8.97. The molecule has 0 spiro atoms. The number of carbonyl (C=O) groups is 1. The topological polar surface area (TPSA) is 79.7 Å². The Hall–Kier alpha value is -2.43. The Morgan fingerprint density at radius 2 is 2.11 bits per heavy atom. The third kappa shape index (κ3) is 2.88. The van der Waals surface area contributed by atoms with Crippen molar-refractivity contribution in [3.8, 4) is 0 Å². The molecule has 5 nitrogen and oxygen atoms in total. The van der Waals surface area contributed by atoms with Crippen LogP contribution >= 0.6 is 0 Å². The molecule has 19 heavy (non-hydrogen) atoms. The van der Waals surface area contributed by atoms with Crippen molar-refractivity contribution in [2.75, 3.05) is 17.7 Å². The molecule has 1 heterocycles. The molecule has 2 aromatic rings. The summed E-state index contributed by atoms with van der Waals surface area (Å²) >= 11 is 0. The van der Waals surface area contributed by atoms with Crippen molar-refractivity contribution in [1.29, 1.82) is 0 Å². The van der Waals surface area contributed by atoms with E-state index in [1.54, 1.807) is 12.1 Å². The molecule has 2 rings (SSSR count). The van der Waals surface area contributed by atoms with E-state index in [9.17, 15) is 9.90 Å². The Morgan fingerprint density at radius 1 is 1.37 bits per heavy atom. The Balaban J connectivity index is 2.28. The molecule has 100 valence electrons. The summed E-state index contributed by atoms with van der Waals surface area (Å²) in [6.07, 6.45) is 0. The van der Waals surface area contributed by atoms with Crippen LogP contribution in [-0.4, -0.2) is 18.1 Å². The lowest BCUT2D eigenvalue weighted by Gasteiger charge is -2.20. The van der Waals surface area contributed by atoms with E-state index >= 15 is 0 Å². The molecule has 1 aromatic carbocycles. The van der Waals surface area contributed by atoms with E-state index in [4.69, 9.17) is 10.2 Å². The zero-order valence-electron chi connectivity index (χ0n) is 10.9. The molecule has 3 N–H and O–H groups in total. The predicted molar refractivity (Wildman–Crippen MR) is 73.4 cm³/mol. The third-order valence-corrected chi connectivity index (χ3v) is 2.85. The fourth-order valence-electron chi connectivity index (χ4n) is 1.95. The SMILES string of the molecule is Cc1ccc(CN(C)c2ccc(N)cc2C(=O)O)o1. The lowest BCUT2D eigenvalue weighted by molar-refractivity contribution is 0.0697. The van der Waals surface area contributed by atoms with E-state index in [2.05, 4.69) is 0 Å². The Bertz CT molecular complexity index is 604. The van der Waals surface area contributed by atoms with E-state index < -0.39 is 5.97 Å². The van der Waals surface area contributed by atoms with Gasteiger partial charge in [0.15, 0.2) is 0 Å². The van der Waals surface area contributed by atoms with Gasteiger partial charge in [-0.25, -0.2) is 4.79 Å². The van der Waals surface area contributed by atoms with Gasteiger partial charge in [-0.15, -0.1) is 0 Å². The molecule has 0 saturated heterocycles. The predicted octanol–water partition coefficient (Wildman–Crippen LogP) is 2.50. The fraction of sp³-hybridized carbons (Fsp3) is 0.214. The second kappa shape index (κ2) is 5.06. The van der Waals surface area contributed by atoms with Crippen molar-refractivity contribution >= 4 is 17.3 Å². The van der Waals surface area contributed by atoms with Crippen LogP contribution in [0.4, 0.5) is 11.4 Å². The Morgan fingerprint density at radius 3 is 2.68 bits per heavy atom. The molecule has 0 aliphatic carbocycles. The summed E-state index contributed by atoms with van der Waals surface area (Å²) < 4.78 is 5.49. The molecule has 5 heteroatoms. The molecule has 0 aliphatic heterocycles. The number of carboxylic acids is 1. The average molecular weight is 260 g/mol. The van der Waals surface area contributed by atoms with Crippen LogP contribution in [0.2, 0.25) is 0 Å². The van der Waals surface area contributed by atoms with E-state index in [1.807, 2.05) is 31.0 Å². The van der Waals surface area contributed by atoms with Crippen LogP contribution in [0, 0.1) is 6.92 Å². The normalized spacial score (nSPS) is 10.4. The number of furan rings is 1. The number of rotatable bonds is 4. The van der Waals surface area contributed by atoms with Crippen LogP contribution in [-0.2, 0) is 6.54 Å². The quantitative estimate of drug-likeness (QED) is 0.826. The summed E-state index contributed by atoms with van der Waals surface area (Å²) in [6.45, 7) is 2.37. The van der Waals surface area contributed by atoms with Crippen LogP contribution in [0.1, 0.15) is 21.9 Å². The smallest absolute Gasteiger partial charge is 0.337 e. The van der Waals surface area contributed by atoms with Gasteiger partial charge in [0, 0.05) is 12.7 Å². The number of aryl methyl sites for hydroxylation is 1. The summed E-state index contributed by atoms with van der Waals surface area (Å²) in [5.41, 5.74) is 6.85. The molecule has 0 fully saturated rings. The third-order valence-electron chi connectivity index (χ3n) is 2.85. The first kappa shape index (κ1) is 13.0. The summed E-state index contributed by atoms with van der Waals surface area (Å²) in [6, 6.07) is 8.61. The molecule has 0 radical (unpaired) electrons. The second-order valence-corrected chi connectivity index (χ2v) is 4.45. The van der Waals surface area contributed by atoms with Crippen molar-refractivity contribution in [2.45, 2.75) is 13.5 Å². The van der Waals surface area contributed by atoms with Crippen molar-refractivity contribution in [1.82, 2.24) is 0 Å². The van der Waals surface area contributed by atoms with Gasteiger partial charge in [0.1, 0.15) is 11.5 Å².